The molecule has 0 bridgehead atoms. The van der Waals surface area contributed by atoms with Gasteiger partial charge in [0, 0.05) is 5.56 Å². The number of aromatic amines is 1. The summed E-state index contributed by atoms with van der Waals surface area (Å²) in [4.78, 5) is 41.7. The molecule has 1 aliphatic heterocycles. The van der Waals surface area contributed by atoms with Gasteiger partial charge in [0.05, 0.1) is 21.8 Å². The molecular weight excluding hydrogens is 358 g/mol. The number of H-pyrrole nitrogens is 1. The largest absolute Gasteiger partial charge is 0.381 e. The summed E-state index contributed by atoms with van der Waals surface area (Å²) in [6.45, 7) is 0. The number of amides is 2. The number of carbonyl (C=O) groups is 3. The highest BCUT2D eigenvalue weighted by atomic mass is 35.5. The average Bonchev–Trinajstić information content (AvgIpc) is 3.23. The van der Waals surface area contributed by atoms with Gasteiger partial charge in [0.2, 0.25) is 0 Å². The standard InChI is InChI=1S/C18H10ClN3O4/c19-13-8-4-3-7-12(13)14-9-15(21-20-14)18(25)26-22-16(23)10-5-1-2-6-11(10)17(22)24/h1-9H,(H,20,21). The summed E-state index contributed by atoms with van der Waals surface area (Å²) in [6.07, 6.45) is 0. The normalized spacial score (nSPS) is 13.0. The monoisotopic (exact) mass is 367 g/mol. The molecule has 0 unspecified atom stereocenters. The van der Waals surface area contributed by atoms with E-state index in [4.69, 9.17) is 16.4 Å². The van der Waals surface area contributed by atoms with Crippen LogP contribution in [0.3, 0.4) is 0 Å². The minimum Gasteiger partial charge on any atom is -0.323 e. The van der Waals surface area contributed by atoms with Crippen LogP contribution in [0.5, 0.6) is 0 Å². The van der Waals surface area contributed by atoms with Crippen molar-refractivity contribution in [2.45, 2.75) is 0 Å². The lowest BCUT2D eigenvalue weighted by molar-refractivity contribution is -0.0588. The van der Waals surface area contributed by atoms with E-state index in [0.29, 0.717) is 21.3 Å². The molecule has 7 nitrogen and oxygen atoms in total. The van der Waals surface area contributed by atoms with Crippen molar-refractivity contribution in [3.63, 3.8) is 0 Å². The Hall–Kier alpha value is -3.45. The zero-order valence-electron chi connectivity index (χ0n) is 13.1. The summed E-state index contributed by atoms with van der Waals surface area (Å²) in [5, 5.41) is 7.46. The van der Waals surface area contributed by atoms with Gasteiger partial charge < -0.3 is 4.84 Å². The molecule has 0 fully saturated rings. The molecule has 2 aromatic carbocycles. The zero-order valence-corrected chi connectivity index (χ0v) is 13.9. The Morgan fingerprint density at radius 1 is 0.962 bits per heavy atom. The summed E-state index contributed by atoms with van der Waals surface area (Å²) in [5.74, 6) is -2.29. The van der Waals surface area contributed by atoms with Gasteiger partial charge >= 0.3 is 5.97 Å². The number of rotatable bonds is 3. The summed E-state index contributed by atoms with van der Waals surface area (Å²) < 4.78 is 0. The van der Waals surface area contributed by atoms with Gasteiger partial charge in [0.15, 0.2) is 0 Å². The average molecular weight is 368 g/mol. The van der Waals surface area contributed by atoms with Crippen molar-refractivity contribution in [2.75, 3.05) is 0 Å². The highest BCUT2D eigenvalue weighted by Gasteiger charge is 2.39. The molecule has 0 aliphatic carbocycles. The third-order valence-electron chi connectivity index (χ3n) is 3.88. The maximum absolute atomic E-state index is 12.3. The Bertz CT molecular complexity index is 1020. The van der Waals surface area contributed by atoms with Crippen molar-refractivity contribution in [2.24, 2.45) is 0 Å². The number of nitrogens with zero attached hydrogens (tertiary/aromatic N) is 2. The second-order valence-corrected chi connectivity index (χ2v) is 5.88. The second-order valence-electron chi connectivity index (χ2n) is 5.48. The summed E-state index contributed by atoms with van der Waals surface area (Å²) in [7, 11) is 0. The minimum atomic E-state index is -0.912. The number of nitrogens with one attached hydrogen (secondary N) is 1. The van der Waals surface area contributed by atoms with Crippen LogP contribution in [0, 0.1) is 0 Å². The number of halogens is 1. The van der Waals surface area contributed by atoms with Crippen LogP contribution in [0.2, 0.25) is 5.02 Å². The zero-order chi connectivity index (χ0) is 18.3. The van der Waals surface area contributed by atoms with E-state index in [1.807, 2.05) is 0 Å². The number of hydroxylamine groups is 2. The van der Waals surface area contributed by atoms with Gasteiger partial charge in [-0.25, -0.2) is 4.79 Å². The molecule has 26 heavy (non-hydrogen) atoms. The van der Waals surface area contributed by atoms with Crippen molar-refractivity contribution in [1.82, 2.24) is 15.3 Å². The van der Waals surface area contributed by atoms with Crippen LogP contribution < -0.4 is 0 Å². The van der Waals surface area contributed by atoms with Crippen molar-refractivity contribution in [3.8, 4) is 11.3 Å². The lowest BCUT2D eigenvalue weighted by Crippen LogP contribution is -2.32. The maximum atomic E-state index is 12.3. The lowest BCUT2D eigenvalue weighted by atomic mass is 10.1. The molecule has 1 N–H and O–H groups in total. The molecule has 1 aliphatic rings. The van der Waals surface area contributed by atoms with Crippen LogP contribution >= 0.6 is 11.6 Å². The molecular formula is C18H10ClN3O4. The summed E-state index contributed by atoms with van der Waals surface area (Å²) in [5.41, 5.74) is 1.42. The summed E-state index contributed by atoms with van der Waals surface area (Å²) in [6, 6.07) is 14.7. The van der Waals surface area contributed by atoms with E-state index in [1.165, 1.54) is 18.2 Å². The van der Waals surface area contributed by atoms with E-state index >= 15 is 0 Å². The Balaban J connectivity index is 1.56. The third-order valence-corrected chi connectivity index (χ3v) is 4.21. The first kappa shape index (κ1) is 16.0. The minimum absolute atomic E-state index is 0.0172. The molecule has 1 aromatic heterocycles. The van der Waals surface area contributed by atoms with Crippen molar-refractivity contribution < 1.29 is 19.2 Å². The van der Waals surface area contributed by atoms with Gasteiger partial charge in [-0.05, 0) is 24.3 Å². The fraction of sp³-hybridized carbons (Fsp3) is 0. The molecule has 2 heterocycles. The number of hydrogen-bond donors (Lipinski definition) is 1. The Labute approximate surface area is 152 Å². The number of fused-ring (bicyclic) bond motifs is 1. The molecule has 0 saturated carbocycles. The topological polar surface area (TPSA) is 92.4 Å². The van der Waals surface area contributed by atoms with Crippen LogP contribution in [0.25, 0.3) is 11.3 Å². The van der Waals surface area contributed by atoms with Crippen LogP contribution in [0.15, 0.2) is 54.6 Å². The molecule has 0 radical (unpaired) electrons. The smallest absolute Gasteiger partial charge is 0.323 e. The summed E-state index contributed by atoms with van der Waals surface area (Å²) >= 11 is 6.11. The van der Waals surface area contributed by atoms with Gasteiger partial charge in [0.25, 0.3) is 11.8 Å². The highest BCUT2D eigenvalue weighted by Crippen LogP contribution is 2.27. The molecule has 0 saturated heterocycles. The molecule has 8 heteroatoms. The van der Waals surface area contributed by atoms with E-state index in [-0.39, 0.29) is 16.8 Å². The van der Waals surface area contributed by atoms with Crippen molar-refractivity contribution in [3.05, 3.63) is 76.4 Å². The molecule has 128 valence electrons. The Kier molecular flexibility index (Phi) is 3.78. The van der Waals surface area contributed by atoms with Gasteiger partial charge in [-0.3, -0.25) is 14.7 Å². The first-order chi connectivity index (χ1) is 12.6. The van der Waals surface area contributed by atoms with Crippen LogP contribution in [-0.2, 0) is 4.84 Å². The fourth-order valence-electron chi connectivity index (χ4n) is 2.62. The molecule has 2 amide bonds. The Morgan fingerprint density at radius 3 is 2.15 bits per heavy atom. The van der Waals surface area contributed by atoms with Gasteiger partial charge in [-0.2, -0.15) is 5.10 Å². The number of imide groups is 1. The highest BCUT2D eigenvalue weighted by molar-refractivity contribution is 6.33. The lowest BCUT2D eigenvalue weighted by Gasteiger charge is -2.11. The van der Waals surface area contributed by atoms with E-state index < -0.39 is 17.8 Å². The van der Waals surface area contributed by atoms with Crippen LogP contribution in [0.4, 0.5) is 0 Å². The van der Waals surface area contributed by atoms with Crippen LogP contribution in [0.1, 0.15) is 31.2 Å². The van der Waals surface area contributed by atoms with E-state index in [2.05, 4.69) is 10.2 Å². The first-order valence-electron chi connectivity index (χ1n) is 7.56. The number of benzene rings is 2. The quantitative estimate of drug-likeness (QED) is 0.718. The predicted molar refractivity (Wildman–Crippen MR) is 91.4 cm³/mol. The van der Waals surface area contributed by atoms with Gasteiger partial charge in [-0.15, -0.1) is 0 Å². The molecule has 0 spiro atoms. The number of aromatic nitrogens is 2. The van der Waals surface area contributed by atoms with E-state index in [1.54, 1.807) is 36.4 Å². The van der Waals surface area contributed by atoms with Crippen molar-refractivity contribution >= 4 is 29.4 Å². The molecule has 3 aromatic rings. The first-order valence-corrected chi connectivity index (χ1v) is 7.94. The SMILES string of the molecule is O=C(ON1C(=O)c2ccccc2C1=O)c1cc(-c2ccccc2Cl)n[nH]1. The number of hydrogen-bond acceptors (Lipinski definition) is 5. The van der Waals surface area contributed by atoms with Gasteiger partial charge in [-0.1, -0.05) is 47.0 Å². The molecule has 0 atom stereocenters. The van der Waals surface area contributed by atoms with E-state index in [9.17, 15) is 14.4 Å². The number of carbonyl (C=O) groups excluding carboxylic acids is 3. The molecule has 4 rings (SSSR count). The predicted octanol–water partition coefficient (Wildman–Crippen LogP) is 3.10. The van der Waals surface area contributed by atoms with E-state index in [0.717, 1.165) is 0 Å². The van der Waals surface area contributed by atoms with Crippen molar-refractivity contribution in [1.29, 1.82) is 0 Å². The van der Waals surface area contributed by atoms with Crippen LogP contribution in [-0.4, -0.2) is 33.0 Å². The maximum Gasteiger partial charge on any atom is 0.381 e. The second kappa shape index (κ2) is 6.12. The third kappa shape index (κ3) is 2.55. The van der Waals surface area contributed by atoms with Gasteiger partial charge in [0.1, 0.15) is 5.69 Å². The Morgan fingerprint density at radius 2 is 1.54 bits per heavy atom. The fourth-order valence-corrected chi connectivity index (χ4v) is 2.85.